The molecule has 0 radical (unpaired) electrons. The number of carbonyl (C=O) groups excluding carboxylic acids is 1. The maximum absolute atomic E-state index is 13.2. The molecule has 0 saturated heterocycles. The third-order valence-electron chi connectivity index (χ3n) is 4.79. The third kappa shape index (κ3) is 4.34. The Morgan fingerprint density at radius 3 is 2.71 bits per heavy atom. The average Bonchev–Trinajstić information content (AvgIpc) is 3.28. The molecule has 2 aromatic rings. The summed E-state index contributed by atoms with van der Waals surface area (Å²) in [5.74, 6) is 0.612. The molecule has 0 aliphatic carbocycles. The Morgan fingerprint density at radius 2 is 2.07 bits per heavy atom. The van der Waals surface area contributed by atoms with E-state index in [1.165, 1.54) is 5.56 Å². The molecule has 0 spiro atoms. The average molecular weight is 376 g/mol. The number of hydrogen-bond donors (Lipinski definition) is 0. The molecular formula is C22H24N4O2. The van der Waals surface area contributed by atoms with Crippen molar-refractivity contribution >= 4 is 12.1 Å². The quantitative estimate of drug-likeness (QED) is 0.631. The van der Waals surface area contributed by atoms with Gasteiger partial charge in [-0.05, 0) is 34.9 Å². The Kier molecular flexibility index (Phi) is 6.32. The minimum absolute atomic E-state index is 0.101. The van der Waals surface area contributed by atoms with Gasteiger partial charge in [0.1, 0.15) is 11.8 Å². The topological polar surface area (TPSA) is 66.6 Å². The Balaban J connectivity index is 1.83. The lowest BCUT2D eigenvalue weighted by molar-refractivity contribution is 0.0783. The van der Waals surface area contributed by atoms with Crippen molar-refractivity contribution in [2.75, 3.05) is 20.7 Å². The van der Waals surface area contributed by atoms with Gasteiger partial charge in [-0.25, -0.2) is 0 Å². The second kappa shape index (κ2) is 9.08. The van der Waals surface area contributed by atoms with E-state index in [2.05, 4.69) is 34.2 Å². The molecular weight excluding hydrogens is 352 g/mol. The maximum Gasteiger partial charge on any atom is 0.257 e. The van der Waals surface area contributed by atoms with Crippen molar-refractivity contribution in [1.29, 1.82) is 0 Å². The van der Waals surface area contributed by atoms with Gasteiger partial charge in [0.25, 0.3) is 5.91 Å². The predicted molar refractivity (Wildman–Crippen MR) is 110 cm³/mol. The fraction of sp³-hybridized carbons (Fsp3) is 0.273. The van der Waals surface area contributed by atoms with Crippen molar-refractivity contribution in [3.05, 3.63) is 77.9 Å². The minimum Gasteiger partial charge on any atom is -0.496 e. The van der Waals surface area contributed by atoms with Gasteiger partial charge in [0, 0.05) is 19.5 Å². The summed E-state index contributed by atoms with van der Waals surface area (Å²) in [4.78, 5) is 14.9. The highest BCUT2D eigenvalue weighted by Crippen LogP contribution is 2.28. The van der Waals surface area contributed by atoms with Gasteiger partial charge >= 0.3 is 0 Å². The summed E-state index contributed by atoms with van der Waals surface area (Å²) < 4.78 is 5.42. The van der Waals surface area contributed by atoms with Crippen LogP contribution < -0.4 is 4.74 Å². The molecule has 0 aromatic heterocycles. The number of methoxy groups -OCH3 is 1. The second-order valence-corrected chi connectivity index (χ2v) is 6.69. The van der Waals surface area contributed by atoms with Crippen LogP contribution in [0.5, 0.6) is 5.75 Å². The SMILES string of the molecule is C=CCC(CN(C)C(=O)c1cc([C@H]2C=NN=N2)ccc1OC)c1ccccc1. The van der Waals surface area contributed by atoms with Crippen LogP contribution in [0.3, 0.4) is 0 Å². The number of amides is 1. The lowest BCUT2D eigenvalue weighted by Crippen LogP contribution is -2.31. The highest BCUT2D eigenvalue weighted by atomic mass is 16.5. The van der Waals surface area contributed by atoms with Gasteiger partial charge in [-0.3, -0.25) is 4.79 Å². The zero-order valence-electron chi connectivity index (χ0n) is 16.2. The molecule has 144 valence electrons. The van der Waals surface area contributed by atoms with Crippen LogP contribution in [0.1, 0.15) is 39.9 Å². The van der Waals surface area contributed by atoms with Crippen molar-refractivity contribution in [3.63, 3.8) is 0 Å². The molecule has 1 heterocycles. The summed E-state index contributed by atoms with van der Waals surface area (Å²) >= 11 is 0. The van der Waals surface area contributed by atoms with Gasteiger partial charge in [-0.1, -0.05) is 42.5 Å². The predicted octanol–water partition coefficient (Wildman–Crippen LogP) is 4.62. The molecule has 1 aliphatic rings. The Bertz CT molecular complexity index is 881. The maximum atomic E-state index is 13.2. The van der Waals surface area contributed by atoms with Crippen LogP contribution in [0.4, 0.5) is 0 Å². The van der Waals surface area contributed by atoms with Crippen LogP contribution in [-0.2, 0) is 0 Å². The first-order chi connectivity index (χ1) is 13.6. The molecule has 6 nitrogen and oxygen atoms in total. The zero-order chi connectivity index (χ0) is 19.9. The monoisotopic (exact) mass is 376 g/mol. The molecule has 2 aromatic carbocycles. The van der Waals surface area contributed by atoms with E-state index < -0.39 is 0 Å². The van der Waals surface area contributed by atoms with Crippen molar-refractivity contribution in [2.45, 2.75) is 18.4 Å². The molecule has 28 heavy (non-hydrogen) atoms. The van der Waals surface area contributed by atoms with E-state index in [0.29, 0.717) is 17.9 Å². The van der Waals surface area contributed by atoms with E-state index in [1.54, 1.807) is 24.3 Å². The summed E-state index contributed by atoms with van der Waals surface area (Å²) in [6.07, 6.45) is 4.33. The molecule has 2 atom stereocenters. The molecule has 1 aliphatic heterocycles. The van der Waals surface area contributed by atoms with E-state index in [1.807, 2.05) is 43.5 Å². The lowest BCUT2D eigenvalue weighted by Gasteiger charge is -2.25. The third-order valence-corrected chi connectivity index (χ3v) is 4.79. The Hall–Kier alpha value is -3.28. The standard InChI is InChI=1S/C22H24N4O2/c1-4-8-18(16-9-6-5-7-10-16)15-26(2)22(27)19-13-17(11-12-21(19)28-3)20-14-23-25-24-20/h4-7,9-14,18,20H,1,8,15H2,2-3H3/t18?,20-/m1/s1. The number of carbonyl (C=O) groups is 1. The van der Waals surface area contributed by atoms with E-state index in [-0.39, 0.29) is 17.9 Å². The van der Waals surface area contributed by atoms with Gasteiger partial charge in [0.05, 0.1) is 18.9 Å². The molecule has 0 fully saturated rings. The number of ether oxygens (including phenoxy) is 1. The minimum atomic E-state index is -0.263. The molecule has 3 rings (SSSR count). The first-order valence-electron chi connectivity index (χ1n) is 9.16. The summed E-state index contributed by atoms with van der Waals surface area (Å²) in [7, 11) is 3.37. The molecule has 0 saturated carbocycles. The first-order valence-corrected chi connectivity index (χ1v) is 9.16. The van der Waals surface area contributed by atoms with E-state index >= 15 is 0 Å². The van der Waals surface area contributed by atoms with Crippen molar-refractivity contribution in [3.8, 4) is 5.75 Å². The van der Waals surface area contributed by atoms with E-state index in [9.17, 15) is 4.79 Å². The summed E-state index contributed by atoms with van der Waals surface area (Å²) in [5.41, 5.74) is 2.54. The lowest BCUT2D eigenvalue weighted by atomic mass is 9.95. The van der Waals surface area contributed by atoms with Gasteiger partial charge in [0.15, 0.2) is 0 Å². The van der Waals surface area contributed by atoms with Crippen LogP contribution in [-0.4, -0.2) is 37.7 Å². The van der Waals surface area contributed by atoms with Crippen LogP contribution in [0, 0.1) is 0 Å². The highest BCUT2D eigenvalue weighted by molar-refractivity contribution is 5.97. The molecule has 1 unspecified atom stereocenters. The van der Waals surface area contributed by atoms with Crippen LogP contribution in [0.25, 0.3) is 0 Å². The van der Waals surface area contributed by atoms with Gasteiger partial charge in [-0.2, -0.15) is 5.11 Å². The van der Waals surface area contributed by atoms with Gasteiger partial charge in [0.2, 0.25) is 0 Å². The second-order valence-electron chi connectivity index (χ2n) is 6.69. The largest absolute Gasteiger partial charge is 0.496 e. The van der Waals surface area contributed by atoms with Crippen LogP contribution >= 0.6 is 0 Å². The molecule has 1 amide bonds. The highest BCUT2D eigenvalue weighted by Gasteiger charge is 2.22. The van der Waals surface area contributed by atoms with E-state index in [0.717, 1.165) is 12.0 Å². The fourth-order valence-electron chi connectivity index (χ4n) is 3.30. The molecule has 6 heteroatoms. The number of hydrogen-bond acceptors (Lipinski definition) is 5. The zero-order valence-corrected chi connectivity index (χ0v) is 16.2. The summed E-state index contributed by atoms with van der Waals surface area (Å²) in [6, 6.07) is 15.4. The number of rotatable bonds is 8. The van der Waals surface area contributed by atoms with Crippen molar-refractivity contribution in [2.24, 2.45) is 15.4 Å². The smallest absolute Gasteiger partial charge is 0.257 e. The normalized spacial score (nSPS) is 16.0. The van der Waals surface area contributed by atoms with Crippen LogP contribution in [0.2, 0.25) is 0 Å². The fourth-order valence-corrected chi connectivity index (χ4v) is 3.30. The van der Waals surface area contributed by atoms with Crippen LogP contribution in [0.15, 0.2) is 76.6 Å². The first kappa shape index (κ1) is 19.5. The number of allylic oxidation sites excluding steroid dienone is 1. The summed E-state index contributed by atoms with van der Waals surface area (Å²) in [5, 5.41) is 11.5. The number of nitrogens with zero attached hydrogens (tertiary/aromatic N) is 4. The van der Waals surface area contributed by atoms with Crippen molar-refractivity contribution < 1.29 is 9.53 Å². The van der Waals surface area contributed by atoms with E-state index in [4.69, 9.17) is 4.74 Å². The number of likely N-dealkylation sites (N-methyl/N-ethyl adjacent to an activating group) is 1. The summed E-state index contributed by atoms with van der Waals surface area (Å²) in [6.45, 7) is 4.44. The van der Waals surface area contributed by atoms with Crippen molar-refractivity contribution in [1.82, 2.24) is 4.90 Å². The van der Waals surface area contributed by atoms with Gasteiger partial charge < -0.3 is 9.64 Å². The van der Waals surface area contributed by atoms with Gasteiger partial charge in [-0.15, -0.1) is 11.7 Å². The Labute approximate surface area is 165 Å². The molecule has 0 bridgehead atoms. The number of benzene rings is 2. The Morgan fingerprint density at radius 1 is 1.29 bits per heavy atom. The molecule has 0 N–H and O–H groups in total.